The molecule has 0 aromatic heterocycles. The summed E-state index contributed by atoms with van der Waals surface area (Å²) in [5.41, 5.74) is 1.09. The second kappa shape index (κ2) is 6.64. The first-order valence-corrected chi connectivity index (χ1v) is 9.62. The Kier molecular flexibility index (Phi) is 4.52. The number of rotatable bonds is 3. The smallest absolute Gasteiger partial charge is 0.414 e. The van der Waals surface area contributed by atoms with Crippen molar-refractivity contribution in [2.45, 2.75) is 18.2 Å². The zero-order valence-corrected chi connectivity index (χ0v) is 15.2. The van der Waals surface area contributed by atoms with Crippen LogP contribution in [0.1, 0.15) is 0 Å². The van der Waals surface area contributed by atoms with E-state index >= 15 is 0 Å². The average molecular weight is 447 g/mol. The molecule has 4 rings (SSSR count). The van der Waals surface area contributed by atoms with Crippen molar-refractivity contribution in [3.05, 3.63) is 24.0 Å². The second-order valence-corrected chi connectivity index (χ2v) is 7.16. The molecule has 0 saturated carbocycles. The predicted molar refractivity (Wildman–Crippen MR) is 96.6 cm³/mol. The van der Waals surface area contributed by atoms with Crippen LogP contribution in [-0.4, -0.2) is 61.6 Å². The number of anilines is 2. The number of morpholine rings is 1. The lowest BCUT2D eigenvalue weighted by Crippen LogP contribution is -2.47. The standard InChI is InChI=1S/C16H19FIN3O3/c17-12-5-10(21-7-11(6-18)24-16(21)22)1-2-14(12)20-8-13-15(9-20)23-4-3-19-13/h1-2,5,11,13,15,19H,3-4,6-9H2. The van der Waals surface area contributed by atoms with E-state index in [1.54, 1.807) is 12.1 Å². The van der Waals surface area contributed by atoms with Gasteiger partial charge in [-0.3, -0.25) is 4.90 Å². The number of carbonyl (C=O) groups excluding carboxylic acids is 1. The summed E-state index contributed by atoms with van der Waals surface area (Å²) in [4.78, 5) is 15.4. The number of alkyl halides is 1. The topological polar surface area (TPSA) is 54.0 Å². The Morgan fingerprint density at radius 2 is 2.21 bits per heavy atom. The molecule has 1 N–H and O–H groups in total. The Labute approximate surface area is 153 Å². The van der Waals surface area contributed by atoms with Gasteiger partial charge in [-0.2, -0.15) is 0 Å². The van der Waals surface area contributed by atoms with Crippen molar-refractivity contribution in [3.8, 4) is 0 Å². The highest BCUT2D eigenvalue weighted by Crippen LogP contribution is 2.31. The van der Waals surface area contributed by atoms with E-state index in [-0.39, 0.29) is 24.1 Å². The maximum atomic E-state index is 14.7. The number of hydrogen-bond acceptors (Lipinski definition) is 5. The first kappa shape index (κ1) is 16.3. The van der Waals surface area contributed by atoms with Crippen LogP contribution >= 0.6 is 22.6 Å². The molecule has 3 aliphatic rings. The van der Waals surface area contributed by atoms with Crippen molar-refractivity contribution >= 4 is 40.1 Å². The second-order valence-electron chi connectivity index (χ2n) is 6.28. The fourth-order valence-corrected chi connectivity index (χ4v) is 3.98. The van der Waals surface area contributed by atoms with Gasteiger partial charge in [-0.25, -0.2) is 9.18 Å². The zero-order chi connectivity index (χ0) is 16.7. The lowest BCUT2D eigenvalue weighted by atomic mass is 10.2. The third kappa shape index (κ3) is 2.95. The fraction of sp³-hybridized carbons (Fsp3) is 0.562. The van der Waals surface area contributed by atoms with Crippen molar-refractivity contribution in [1.82, 2.24) is 5.32 Å². The molecule has 3 unspecified atom stereocenters. The fourth-order valence-electron chi connectivity index (χ4n) is 3.52. The third-order valence-corrected chi connectivity index (χ3v) is 5.72. The third-order valence-electron chi connectivity index (χ3n) is 4.74. The molecule has 1 aromatic carbocycles. The summed E-state index contributed by atoms with van der Waals surface area (Å²) in [5, 5.41) is 3.41. The highest BCUT2D eigenvalue weighted by Gasteiger charge is 2.37. The Balaban J connectivity index is 1.51. The van der Waals surface area contributed by atoms with Crippen LogP contribution < -0.4 is 15.1 Å². The molecule has 0 radical (unpaired) electrons. The van der Waals surface area contributed by atoms with Gasteiger partial charge in [0.2, 0.25) is 0 Å². The number of fused-ring (bicyclic) bond motifs is 1. The average Bonchev–Trinajstić information content (AvgIpc) is 3.17. The maximum absolute atomic E-state index is 14.7. The van der Waals surface area contributed by atoms with Crippen LogP contribution in [0.15, 0.2) is 18.2 Å². The van der Waals surface area contributed by atoms with Crippen molar-refractivity contribution in [3.63, 3.8) is 0 Å². The van der Waals surface area contributed by atoms with Gasteiger partial charge < -0.3 is 19.7 Å². The van der Waals surface area contributed by atoms with E-state index in [4.69, 9.17) is 9.47 Å². The van der Waals surface area contributed by atoms with Gasteiger partial charge in [0, 0.05) is 24.1 Å². The maximum Gasteiger partial charge on any atom is 0.414 e. The van der Waals surface area contributed by atoms with E-state index in [0.717, 1.165) is 17.5 Å². The summed E-state index contributed by atoms with van der Waals surface area (Å²) < 4.78 is 26.4. The first-order chi connectivity index (χ1) is 11.7. The van der Waals surface area contributed by atoms with E-state index in [1.807, 2.05) is 4.90 Å². The highest BCUT2D eigenvalue weighted by atomic mass is 127. The molecular formula is C16H19FIN3O3. The van der Waals surface area contributed by atoms with E-state index in [1.165, 1.54) is 11.0 Å². The molecule has 3 atom stereocenters. The summed E-state index contributed by atoms with van der Waals surface area (Å²) in [6.07, 6.45) is -0.435. The van der Waals surface area contributed by atoms with Crippen molar-refractivity contribution in [2.24, 2.45) is 0 Å². The molecule has 8 heteroatoms. The lowest BCUT2D eigenvalue weighted by molar-refractivity contribution is 0.0212. The number of nitrogens with zero attached hydrogens (tertiary/aromatic N) is 2. The molecule has 130 valence electrons. The lowest BCUT2D eigenvalue weighted by Gasteiger charge is -2.25. The van der Waals surface area contributed by atoms with Gasteiger partial charge in [-0.1, -0.05) is 22.6 Å². The number of amides is 1. The van der Waals surface area contributed by atoms with Gasteiger partial charge >= 0.3 is 6.09 Å². The van der Waals surface area contributed by atoms with Gasteiger partial charge in [0.25, 0.3) is 0 Å². The molecule has 1 aromatic rings. The molecule has 3 aliphatic heterocycles. The Morgan fingerprint density at radius 1 is 1.33 bits per heavy atom. The number of carbonyl (C=O) groups is 1. The molecule has 3 fully saturated rings. The quantitative estimate of drug-likeness (QED) is 0.566. The number of ether oxygens (including phenoxy) is 2. The summed E-state index contributed by atoms with van der Waals surface area (Å²) in [5.74, 6) is -0.322. The molecule has 0 bridgehead atoms. The van der Waals surface area contributed by atoms with Gasteiger partial charge in [0.1, 0.15) is 11.9 Å². The normalized spacial score (nSPS) is 29.8. The summed E-state index contributed by atoms with van der Waals surface area (Å²) >= 11 is 2.18. The monoisotopic (exact) mass is 447 g/mol. The molecule has 6 nitrogen and oxygen atoms in total. The SMILES string of the molecule is O=C1OC(CI)CN1c1ccc(N2CC3NCCOC3C2)c(F)c1. The Morgan fingerprint density at radius 3 is 2.92 bits per heavy atom. The van der Waals surface area contributed by atoms with Gasteiger partial charge in [-0.05, 0) is 18.2 Å². The van der Waals surface area contributed by atoms with E-state index < -0.39 is 6.09 Å². The number of nitrogens with one attached hydrogen (secondary N) is 1. The summed E-state index contributed by atoms with van der Waals surface area (Å²) in [7, 11) is 0. The predicted octanol–water partition coefficient (Wildman–Crippen LogP) is 1.76. The van der Waals surface area contributed by atoms with Crippen molar-refractivity contribution in [2.75, 3.05) is 47.0 Å². The Hall–Kier alpha value is -1.13. The number of halogens is 2. The highest BCUT2D eigenvalue weighted by molar-refractivity contribution is 14.1. The molecular weight excluding hydrogens is 428 g/mol. The summed E-state index contributed by atoms with van der Waals surface area (Å²) in [6, 6.07) is 5.19. The molecule has 24 heavy (non-hydrogen) atoms. The van der Waals surface area contributed by atoms with Crippen LogP contribution in [0.3, 0.4) is 0 Å². The first-order valence-electron chi connectivity index (χ1n) is 8.09. The molecule has 1 amide bonds. The minimum atomic E-state index is -0.409. The molecule has 0 aliphatic carbocycles. The minimum Gasteiger partial charge on any atom is -0.443 e. The van der Waals surface area contributed by atoms with E-state index in [2.05, 4.69) is 27.9 Å². The van der Waals surface area contributed by atoms with Crippen LogP contribution in [0.5, 0.6) is 0 Å². The van der Waals surface area contributed by atoms with Crippen LogP contribution in [0.2, 0.25) is 0 Å². The van der Waals surface area contributed by atoms with Crippen LogP contribution in [-0.2, 0) is 9.47 Å². The number of cyclic esters (lactones) is 1. The number of hydrogen-bond donors (Lipinski definition) is 1. The Bertz CT molecular complexity index is 633. The van der Waals surface area contributed by atoms with Crippen LogP contribution in [0.4, 0.5) is 20.6 Å². The van der Waals surface area contributed by atoms with Crippen LogP contribution in [0, 0.1) is 5.82 Å². The number of benzene rings is 1. The van der Waals surface area contributed by atoms with Gasteiger partial charge in [-0.15, -0.1) is 0 Å². The van der Waals surface area contributed by atoms with Gasteiger partial charge in [0.15, 0.2) is 0 Å². The molecule has 3 heterocycles. The zero-order valence-electron chi connectivity index (χ0n) is 13.1. The minimum absolute atomic E-state index is 0.107. The largest absolute Gasteiger partial charge is 0.443 e. The molecule has 3 saturated heterocycles. The van der Waals surface area contributed by atoms with E-state index in [0.29, 0.717) is 31.1 Å². The van der Waals surface area contributed by atoms with Crippen molar-refractivity contribution in [1.29, 1.82) is 0 Å². The van der Waals surface area contributed by atoms with E-state index in [9.17, 15) is 9.18 Å². The van der Waals surface area contributed by atoms with Gasteiger partial charge in [0.05, 0.1) is 36.7 Å². The van der Waals surface area contributed by atoms with Crippen LogP contribution in [0.25, 0.3) is 0 Å². The summed E-state index contributed by atoms with van der Waals surface area (Å²) in [6.45, 7) is 3.41. The molecule has 0 spiro atoms. The van der Waals surface area contributed by atoms with Crippen molar-refractivity contribution < 1.29 is 18.7 Å².